The number of urea groups is 1. The number of Topliss-reactive ketones (excluding diaryl/α,β-unsaturated/α-hetero) is 1. The molecule has 1 aromatic carbocycles. The normalized spacial score (nSPS) is 12.8. The summed E-state index contributed by atoms with van der Waals surface area (Å²) in [6.07, 6.45) is -1.63. The van der Waals surface area contributed by atoms with Crippen LogP contribution in [0.2, 0.25) is 0 Å². The molecule has 3 amide bonds. The first kappa shape index (κ1) is 24.1. The first-order valence-corrected chi connectivity index (χ1v) is 9.82. The number of aromatic nitrogens is 2. The maximum absolute atomic E-state index is 14.1. The third-order valence-corrected chi connectivity index (χ3v) is 4.30. The van der Waals surface area contributed by atoms with Crippen molar-refractivity contribution in [2.45, 2.75) is 64.3 Å². The van der Waals surface area contributed by atoms with Crippen LogP contribution in [0.1, 0.15) is 62.6 Å². The summed E-state index contributed by atoms with van der Waals surface area (Å²) in [5, 5.41) is 7.76. The standard InChI is InChI=1S/C21H26F2N4O4/c1-5-14(16(29)17-26-18(31-27-17)20(2,3)4)24-19(30)25-15(28)12-21(22,23)11-13-9-7-6-8-10-13/h6-10,14H,5,11-12H2,1-4H3,(H2,24,25,28,30). The molecular formula is C21H26F2N4O4. The second kappa shape index (κ2) is 9.76. The zero-order chi connectivity index (χ0) is 23.2. The lowest BCUT2D eigenvalue weighted by Gasteiger charge is -2.17. The molecule has 0 saturated heterocycles. The van der Waals surface area contributed by atoms with Gasteiger partial charge in [-0.15, -0.1) is 0 Å². The van der Waals surface area contributed by atoms with Crippen molar-refractivity contribution in [3.63, 3.8) is 0 Å². The molecule has 2 aromatic rings. The van der Waals surface area contributed by atoms with E-state index < -0.39 is 47.9 Å². The largest absolute Gasteiger partial charge is 0.338 e. The second-order valence-corrected chi connectivity index (χ2v) is 8.21. The highest BCUT2D eigenvalue weighted by atomic mass is 19.3. The molecule has 0 spiro atoms. The van der Waals surface area contributed by atoms with Crippen molar-refractivity contribution in [1.82, 2.24) is 20.8 Å². The van der Waals surface area contributed by atoms with Crippen LogP contribution in [0, 0.1) is 0 Å². The van der Waals surface area contributed by atoms with E-state index in [1.807, 2.05) is 26.1 Å². The summed E-state index contributed by atoms with van der Waals surface area (Å²) in [5.41, 5.74) is -0.0914. The van der Waals surface area contributed by atoms with Gasteiger partial charge in [-0.05, 0) is 12.0 Å². The van der Waals surface area contributed by atoms with Crippen LogP contribution >= 0.6 is 0 Å². The number of ketones is 1. The molecule has 0 fully saturated rings. The molecular weight excluding hydrogens is 410 g/mol. The first-order valence-electron chi connectivity index (χ1n) is 9.82. The molecule has 168 valence electrons. The van der Waals surface area contributed by atoms with Gasteiger partial charge in [0.25, 0.3) is 5.92 Å². The maximum atomic E-state index is 14.1. The topological polar surface area (TPSA) is 114 Å². The predicted octanol–water partition coefficient (Wildman–Crippen LogP) is 3.42. The molecule has 0 saturated carbocycles. The zero-order valence-corrected chi connectivity index (χ0v) is 17.9. The Morgan fingerprint density at radius 2 is 1.77 bits per heavy atom. The number of hydrogen-bond donors (Lipinski definition) is 2. The molecule has 31 heavy (non-hydrogen) atoms. The van der Waals surface area contributed by atoms with Gasteiger partial charge in [-0.1, -0.05) is 63.2 Å². The number of alkyl halides is 2. The van der Waals surface area contributed by atoms with E-state index in [2.05, 4.69) is 15.5 Å². The van der Waals surface area contributed by atoms with Crippen molar-refractivity contribution in [3.05, 3.63) is 47.6 Å². The molecule has 1 unspecified atom stereocenters. The lowest BCUT2D eigenvalue weighted by Crippen LogP contribution is -2.48. The summed E-state index contributed by atoms with van der Waals surface area (Å²) < 4.78 is 33.3. The predicted molar refractivity (Wildman–Crippen MR) is 108 cm³/mol. The van der Waals surface area contributed by atoms with Crippen molar-refractivity contribution in [1.29, 1.82) is 0 Å². The van der Waals surface area contributed by atoms with Gasteiger partial charge in [0.05, 0.1) is 12.5 Å². The molecule has 1 aromatic heterocycles. The molecule has 1 atom stereocenters. The van der Waals surface area contributed by atoms with E-state index in [4.69, 9.17) is 4.52 Å². The van der Waals surface area contributed by atoms with Crippen molar-refractivity contribution in [3.8, 4) is 0 Å². The molecule has 10 heteroatoms. The van der Waals surface area contributed by atoms with E-state index in [1.54, 1.807) is 25.1 Å². The van der Waals surface area contributed by atoms with Crippen molar-refractivity contribution in [2.24, 2.45) is 0 Å². The molecule has 1 heterocycles. The van der Waals surface area contributed by atoms with Gasteiger partial charge in [-0.2, -0.15) is 4.98 Å². The lowest BCUT2D eigenvalue weighted by molar-refractivity contribution is -0.127. The fourth-order valence-electron chi connectivity index (χ4n) is 2.69. The highest BCUT2D eigenvalue weighted by Gasteiger charge is 2.34. The minimum absolute atomic E-state index is 0.171. The van der Waals surface area contributed by atoms with Crippen LogP contribution in [-0.2, 0) is 16.6 Å². The summed E-state index contributed by atoms with van der Waals surface area (Å²) >= 11 is 0. The van der Waals surface area contributed by atoms with Gasteiger partial charge in [0.2, 0.25) is 23.4 Å². The Bertz CT molecular complexity index is 923. The van der Waals surface area contributed by atoms with Crippen LogP contribution in [0.15, 0.2) is 34.9 Å². The van der Waals surface area contributed by atoms with Crippen molar-refractivity contribution >= 4 is 17.7 Å². The number of carbonyl (C=O) groups excluding carboxylic acids is 3. The number of nitrogens with one attached hydrogen (secondary N) is 2. The Hall–Kier alpha value is -3.17. The number of amides is 3. The minimum atomic E-state index is -3.33. The van der Waals surface area contributed by atoms with Gasteiger partial charge in [0.1, 0.15) is 0 Å². The number of nitrogens with zero attached hydrogens (tertiary/aromatic N) is 2. The van der Waals surface area contributed by atoms with E-state index >= 15 is 0 Å². The van der Waals surface area contributed by atoms with Gasteiger partial charge in [0.15, 0.2) is 0 Å². The summed E-state index contributed by atoms with van der Waals surface area (Å²) in [6, 6.07) is 5.88. The fraction of sp³-hybridized carbons (Fsp3) is 0.476. The van der Waals surface area contributed by atoms with Gasteiger partial charge in [-0.25, -0.2) is 13.6 Å². The highest BCUT2D eigenvalue weighted by Crippen LogP contribution is 2.24. The lowest BCUT2D eigenvalue weighted by atomic mass is 9.97. The second-order valence-electron chi connectivity index (χ2n) is 8.21. The molecule has 0 radical (unpaired) electrons. The fourth-order valence-corrected chi connectivity index (χ4v) is 2.69. The minimum Gasteiger partial charge on any atom is -0.338 e. The molecule has 0 aliphatic heterocycles. The summed E-state index contributed by atoms with van der Waals surface area (Å²) in [7, 11) is 0. The van der Waals surface area contributed by atoms with Gasteiger partial charge < -0.3 is 9.84 Å². The Kier molecular flexibility index (Phi) is 7.59. The summed E-state index contributed by atoms with van der Waals surface area (Å²) in [4.78, 5) is 40.5. The van der Waals surface area contributed by atoms with E-state index in [0.717, 1.165) is 0 Å². The van der Waals surface area contributed by atoms with Gasteiger partial charge in [0, 0.05) is 11.8 Å². The first-order chi connectivity index (χ1) is 14.4. The molecule has 0 aliphatic rings. The Labute approximate surface area is 178 Å². The number of imide groups is 1. The van der Waals surface area contributed by atoms with E-state index in [-0.39, 0.29) is 18.1 Å². The van der Waals surface area contributed by atoms with Crippen LogP contribution < -0.4 is 10.6 Å². The highest BCUT2D eigenvalue weighted by molar-refractivity contribution is 6.01. The van der Waals surface area contributed by atoms with Crippen molar-refractivity contribution in [2.75, 3.05) is 0 Å². The molecule has 0 bridgehead atoms. The Morgan fingerprint density at radius 3 is 2.32 bits per heavy atom. The summed E-state index contributed by atoms with van der Waals surface area (Å²) in [6.45, 7) is 7.12. The van der Waals surface area contributed by atoms with Crippen LogP contribution in [0.25, 0.3) is 0 Å². The SMILES string of the molecule is CCC(NC(=O)NC(=O)CC(F)(F)Cc1ccccc1)C(=O)c1noc(C(C)(C)C)n1. The molecule has 8 nitrogen and oxygen atoms in total. The average Bonchev–Trinajstić information content (AvgIpc) is 3.16. The number of benzene rings is 1. The number of halogens is 2. The van der Waals surface area contributed by atoms with E-state index in [1.165, 1.54) is 12.1 Å². The molecule has 2 rings (SSSR count). The van der Waals surface area contributed by atoms with Gasteiger partial charge in [-0.3, -0.25) is 14.9 Å². The van der Waals surface area contributed by atoms with E-state index in [0.29, 0.717) is 5.56 Å². The number of rotatable bonds is 8. The summed E-state index contributed by atoms with van der Waals surface area (Å²) in [5.74, 6) is -5.06. The smallest absolute Gasteiger partial charge is 0.322 e. The third kappa shape index (κ3) is 7.23. The Balaban J connectivity index is 1.92. The van der Waals surface area contributed by atoms with Crippen LogP contribution in [0.4, 0.5) is 13.6 Å². The van der Waals surface area contributed by atoms with Crippen molar-refractivity contribution < 1.29 is 27.7 Å². The van der Waals surface area contributed by atoms with Crippen LogP contribution in [-0.4, -0.2) is 39.8 Å². The van der Waals surface area contributed by atoms with Crippen LogP contribution in [0.5, 0.6) is 0 Å². The molecule has 2 N–H and O–H groups in total. The quantitative estimate of drug-likeness (QED) is 0.613. The van der Waals surface area contributed by atoms with Crippen LogP contribution in [0.3, 0.4) is 0 Å². The van der Waals surface area contributed by atoms with E-state index in [9.17, 15) is 23.2 Å². The number of hydrogen-bond acceptors (Lipinski definition) is 6. The van der Waals surface area contributed by atoms with Gasteiger partial charge >= 0.3 is 6.03 Å². The molecule has 0 aliphatic carbocycles. The third-order valence-electron chi connectivity index (χ3n) is 4.30. The monoisotopic (exact) mass is 436 g/mol. The average molecular weight is 436 g/mol. The Morgan fingerprint density at radius 1 is 1.13 bits per heavy atom. The number of carbonyl (C=O) groups is 3. The maximum Gasteiger partial charge on any atom is 0.322 e. The zero-order valence-electron chi connectivity index (χ0n) is 17.9.